The number of carbonyl (C=O) groups excluding carboxylic acids is 1. The maximum atomic E-state index is 13.5. The van der Waals surface area contributed by atoms with Crippen molar-refractivity contribution in [3.05, 3.63) is 29.0 Å². The van der Waals surface area contributed by atoms with Gasteiger partial charge in [-0.2, -0.15) is 0 Å². The smallest absolute Gasteiger partial charge is 0.484 e. The number of carbonyl (C=O) groups is 1. The third-order valence-electron chi connectivity index (χ3n) is 5.67. The van der Waals surface area contributed by atoms with Crippen molar-refractivity contribution >= 4 is 17.5 Å². The Morgan fingerprint density at radius 2 is 2.03 bits per heavy atom. The lowest BCUT2D eigenvalue weighted by Crippen LogP contribution is -2.56. The Hall–Kier alpha value is -1.66. The van der Waals surface area contributed by atoms with Crippen LogP contribution in [-0.2, 0) is 19.0 Å². The Morgan fingerprint density at radius 3 is 2.70 bits per heavy atom. The number of nitrogens with one attached hydrogen (secondary N) is 1. The second-order valence-corrected chi connectivity index (χ2v) is 8.46. The Morgan fingerprint density at radius 1 is 1.27 bits per heavy atom. The van der Waals surface area contributed by atoms with E-state index in [4.69, 9.17) is 25.8 Å². The highest BCUT2D eigenvalue weighted by molar-refractivity contribution is 6.30. The van der Waals surface area contributed by atoms with Gasteiger partial charge < -0.3 is 19.5 Å². The van der Waals surface area contributed by atoms with E-state index in [0.29, 0.717) is 32.7 Å². The van der Waals surface area contributed by atoms with E-state index in [1.54, 1.807) is 7.11 Å². The summed E-state index contributed by atoms with van der Waals surface area (Å²) in [4.78, 5) is 14.4. The summed E-state index contributed by atoms with van der Waals surface area (Å²) in [5, 5.41) is 2.85. The van der Waals surface area contributed by atoms with Gasteiger partial charge in [-0.15, -0.1) is 13.2 Å². The van der Waals surface area contributed by atoms with Gasteiger partial charge in [-0.25, -0.2) is 4.39 Å². The Labute approximate surface area is 194 Å². The monoisotopic (exact) mass is 498 g/mol. The second kappa shape index (κ2) is 11.7. The quantitative estimate of drug-likeness (QED) is 0.500. The van der Waals surface area contributed by atoms with Crippen molar-refractivity contribution in [2.24, 2.45) is 0 Å². The van der Waals surface area contributed by atoms with E-state index < -0.39 is 18.3 Å². The Kier molecular flexibility index (Phi) is 9.17. The molecule has 0 aromatic heterocycles. The van der Waals surface area contributed by atoms with Crippen molar-refractivity contribution < 1.29 is 41.3 Å². The lowest BCUT2D eigenvalue weighted by molar-refractivity contribution is -0.357. The Bertz CT molecular complexity index is 794. The molecule has 3 rings (SSSR count). The fraction of sp³-hybridized carbons (Fsp3) is 0.667. The molecule has 1 aliphatic heterocycles. The number of amides is 1. The molecular weight excluding hydrogens is 472 g/mol. The number of halogens is 5. The van der Waals surface area contributed by atoms with E-state index in [-0.39, 0.29) is 54.4 Å². The minimum atomic E-state index is -4.61. The number of methoxy groups -OCH3 is 1. The van der Waals surface area contributed by atoms with Crippen LogP contribution < -0.4 is 10.1 Å². The first kappa shape index (κ1) is 26.0. The molecular formula is C21H27ClF4N2O5. The molecule has 7 nitrogen and oxygen atoms in total. The maximum absolute atomic E-state index is 13.5. The summed E-state index contributed by atoms with van der Waals surface area (Å²) >= 11 is 5.62. The maximum Gasteiger partial charge on any atom is 0.522 e. The lowest BCUT2D eigenvalue weighted by atomic mass is 9.92. The molecule has 2 aliphatic rings. The van der Waals surface area contributed by atoms with Gasteiger partial charge in [0.2, 0.25) is 0 Å². The van der Waals surface area contributed by atoms with Crippen LogP contribution in [0.3, 0.4) is 0 Å². The SMILES string of the molecule is CO[C@H]1CN(CCO[C@H]2C[C@@H](OC(F)(F)F)C2)CC[C@@H]1NC(=O)COc1ccc(Cl)c(F)c1. The molecule has 1 saturated carbocycles. The molecule has 1 amide bonds. The Balaban J connectivity index is 1.32. The first-order valence-corrected chi connectivity index (χ1v) is 11.0. The number of nitrogens with zero attached hydrogens (tertiary/aromatic N) is 1. The lowest BCUT2D eigenvalue weighted by Gasteiger charge is -2.39. The summed E-state index contributed by atoms with van der Waals surface area (Å²) in [6.45, 7) is 1.99. The van der Waals surface area contributed by atoms with E-state index >= 15 is 0 Å². The number of alkyl halides is 3. The van der Waals surface area contributed by atoms with Crippen LogP contribution in [0.4, 0.5) is 17.6 Å². The molecule has 1 aliphatic carbocycles. The topological polar surface area (TPSA) is 69.3 Å². The number of hydrogen-bond acceptors (Lipinski definition) is 6. The molecule has 33 heavy (non-hydrogen) atoms. The summed E-state index contributed by atoms with van der Waals surface area (Å²) in [5.74, 6) is -0.778. The fourth-order valence-electron chi connectivity index (χ4n) is 3.84. The predicted octanol–water partition coefficient (Wildman–Crippen LogP) is 3.15. The molecule has 1 N–H and O–H groups in total. The molecule has 2 fully saturated rings. The number of rotatable bonds is 10. The largest absolute Gasteiger partial charge is 0.522 e. The van der Waals surface area contributed by atoms with E-state index in [2.05, 4.69) is 15.0 Å². The van der Waals surface area contributed by atoms with Gasteiger partial charge in [0.25, 0.3) is 5.91 Å². The van der Waals surface area contributed by atoms with Gasteiger partial charge in [0.15, 0.2) is 6.61 Å². The zero-order chi connectivity index (χ0) is 24.0. The van der Waals surface area contributed by atoms with Gasteiger partial charge >= 0.3 is 6.36 Å². The molecule has 0 spiro atoms. The van der Waals surface area contributed by atoms with Gasteiger partial charge in [-0.1, -0.05) is 11.6 Å². The van der Waals surface area contributed by atoms with Crippen LogP contribution in [0.2, 0.25) is 5.02 Å². The molecule has 0 unspecified atom stereocenters. The van der Waals surface area contributed by atoms with E-state index in [1.807, 2.05) is 0 Å². The van der Waals surface area contributed by atoms with Crippen molar-refractivity contribution in [2.45, 2.75) is 50.0 Å². The summed E-state index contributed by atoms with van der Waals surface area (Å²) in [6.07, 6.45) is -4.78. The minimum Gasteiger partial charge on any atom is -0.484 e. The fourth-order valence-corrected chi connectivity index (χ4v) is 3.96. The molecule has 0 bridgehead atoms. The minimum absolute atomic E-state index is 0.0285. The predicted molar refractivity (Wildman–Crippen MR) is 111 cm³/mol. The van der Waals surface area contributed by atoms with Crippen LogP contribution in [-0.4, -0.2) is 81.5 Å². The first-order valence-electron chi connectivity index (χ1n) is 10.6. The van der Waals surface area contributed by atoms with Crippen LogP contribution in [0.1, 0.15) is 19.3 Å². The van der Waals surface area contributed by atoms with Crippen molar-refractivity contribution in [1.29, 1.82) is 0 Å². The van der Waals surface area contributed by atoms with Gasteiger partial charge in [0.1, 0.15) is 11.6 Å². The van der Waals surface area contributed by atoms with Crippen LogP contribution in [0, 0.1) is 5.82 Å². The normalized spacial score (nSPS) is 26.0. The summed E-state index contributed by atoms with van der Waals surface area (Å²) in [6, 6.07) is 3.73. The third kappa shape index (κ3) is 8.25. The van der Waals surface area contributed by atoms with E-state index in [9.17, 15) is 22.4 Å². The van der Waals surface area contributed by atoms with Crippen molar-refractivity contribution in [3.8, 4) is 5.75 Å². The van der Waals surface area contributed by atoms with E-state index in [0.717, 1.165) is 6.07 Å². The molecule has 12 heteroatoms. The average Bonchev–Trinajstić information content (AvgIpc) is 2.72. The van der Waals surface area contributed by atoms with Crippen molar-refractivity contribution in [2.75, 3.05) is 40.0 Å². The zero-order valence-electron chi connectivity index (χ0n) is 18.1. The second-order valence-electron chi connectivity index (χ2n) is 8.05. The van der Waals surface area contributed by atoms with Gasteiger partial charge in [-0.05, 0) is 18.6 Å². The highest BCUT2D eigenvalue weighted by Crippen LogP contribution is 2.32. The average molecular weight is 499 g/mol. The van der Waals surface area contributed by atoms with Crippen LogP contribution in [0.5, 0.6) is 5.75 Å². The molecule has 2 atom stereocenters. The molecule has 1 aromatic rings. The van der Waals surface area contributed by atoms with Crippen LogP contribution in [0.15, 0.2) is 18.2 Å². The van der Waals surface area contributed by atoms with Gasteiger partial charge in [0, 0.05) is 45.7 Å². The van der Waals surface area contributed by atoms with Gasteiger partial charge in [0.05, 0.1) is 36.0 Å². The number of hydrogen-bond donors (Lipinski definition) is 1. The van der Waals surface area contributed by atoms with E-state index in [1.165, 1.54) is 12.1 Å². The van der Waals surface area contributed by atoms with Crippen LogP contribution in [0.25, 0.3) is 0 Å². The zero-order valence-corrected chi connectivity index (χ0v) is 18.8. The highest BCUT2D eigenvalue weighted by atomic mass is 35.5. The molecule has 1 aromatic carbocycles. The van der Waals surface area contributed by atoms with Crippen LogP contribution >= 0.6 is 11.6 Å². The van der Waals surface area contributed by atoms with Gasteiger partial charge in [-0.3, -0.25) is 14.4 Å². The third-order valence-corrected chi connectivity index (χ3v) is 5.97. The molecule has 1 heterocycles. The number of likely N-dealkylation sites (tertiary alicyclic amines) is 1. The number of benzene rings is 1. The highest BCUT2D eigenvalue weighted by Gasteiger charge is 2.40. The molecule has 1 saturated heterocycles. The van der Waals surface area contributed by atoms with Crippen molar-refractivity contribution in [1.82, 2.24) is 10.2 Å². The summed E-state index contributed by atoms with van der Waals surface area (Å²) in [5.41, 5.74) is 0. The number of ether oxygens (including phenoxy) is 4. The first-order chi connectivity index (χ1) is 15.6. The van der Waals surface area contributed by atoms with Crippen molar-refractivity contribution in [3.63, 3.8) is 0 Å². The molecule has 0 radical (unpaired) electrons. The standard InChI is InChI=1S/C21H27ClF4N2O5/c1-30-19-11-28(6-7-31-14-8-15(9-14)33-21(24,25)26)5-4-18(19)27-20(29)12-32-13-2-3-16(22)17(23)10-13/h2-3,10,14-15,18-19H,4-9,11-12H2,1H3,(H,27,29)/t14-,15+,18-,19-/m0/s1. The molecule has 186 valence electrons. The summed E-state index contributed by atoms with van der Waals surface area (Å²) < 4.78 is 70.3. The summed E-state index contributed by atoms with van der Waals surface area (Å²) in [7, 11) is 1.56. The number of piperidine rings is 1.